The normalized spacial score (nSPS) is 30.6. The van der Waals surface area contributed by atoms with Gasteiger partial charge in [-0.3, -0.25) is 4.90 Å². The minimum atomic E-state index is -4.22. The second-order valence-corrected chi connectivity index (χ2v) is 7.31. The third-order valence-corrected chi connectivity index (χ3v) is 4.67. The largest absolute Gasteiger partial charge is 0.411 e. The molecule has 124 valence electrons. The topological polar surface area (TPSA) is 24.5 Å². The van der Waals surface area contributed by atoms with Crippen molar-refractivity contribution < 1.29 is 17.9 Å². The highest BCUT2D eigenvalue weighted by Gasteiger charge is 2.49. The third-order valence-electron chi connectivity index (χ3n) is 4.67. The Morgan fingerprint density at radius 3 is 2.48 bits per heavy atom. The van der Waals surface area contributed by atoms with E-state index in [9.17, 15) is 13.2 Å². The molecule has 2 fully saturated rings. The van der Waals surface area contributed by atoms with Crippen LogP contribution in [0.5, 0.6) is 0 Å². The van der Waals surface area contributed by atoms with Crippen LogP contribution in [0.2, 0.25) is 0 Å². The summed E-state index contributed by atoms with van der Waals surface area (Å²) in [6, 6.07) is 0. The van der Waals surface area contributed by atoms with E-state index in [-0.39, 0.29) is 17.7 Å². The number of hydrogen-bond acceptors (Lipinski definition) is 3. The zero-order valence-corrected chi connectivity index (χ0v) is 13.2. The maximum atomic E-state index is 12.0. The average molecular weight is 308 g/mol. The molecule has 1 aliphatic heterocycles. The van der Waals surface area contributed by atoms with Crippen molar-refractivity contribution in [3.05, 3.63) is 0 Å². The predicted molar refractivity (Wildman–Crippen MR) is 76.3 cm³/mol. The van der Waals surface area contributed by atoms with E-state index in [1.807, 2.05) is 0 Å². The lowest BCUT2D eigenvalue weighted by atomic mass is 9.86. The van der Waals surface area contributed by atoms with E-state index < -0.39 is 12.8 Å². The number of nitrogens with zero attached hydrogens (tertiary/aromatic N) is 1. The molecule has 1 aliphatic carbocycles. The van der Waals surface area contributed by atoms with Gasteiger partial charge < -0.3 is 10.1 Å². The van der Waals surface area contributed by atoms with Crippen LogP contribution in [0.15, 0.2) is 0 Å². The van der Waals surface area contributed by atoms with E-state index in [4.69, 9.17) is 4.74 Å². The van der Waals surface area contributed by atoms with Crippen LogP contribution in [-0.4, -0.2) is 55.0 Å². The highest BCUT2D eigenvalue weighted by molar-refractivity contribution is 5.06. The smallest absolute Gasteiger partial charge is 0.372 e. The number of halogens is 3. The van der Waals surface area contributed by atoms with E-state index in [0.717, 1.165) is 25.6 Å². The second-order valence-electron chi connectivity index (χ2n) is 7.31. The Labute approximate surface area is 125 Å². The quantitative estimate of drug-likeness (QED) is 0.764. The summed E-state index contributed by atoms with van der Waals surface area (Å²) in [6.45, 7) is 8.34. The van der Waals surface area contributed by atoms with Crippen molar-refractivity contribution in [2.45, 2.75) is 57.3 Å². The fourth-order valence-corrected chi connectivity index (χ4v) is 3.23. The highest BCUT2D eigenvalue weighted by Crippen LogP contribution is 2.44. The summed E-state index contributed by atoms with van der Waals surface area (Å²) in [5.74, 6) is 0.720. The van der Waals surface area contributed by atoms with Crippen molar-refractivity contribution in [3.8, 4) is 0 Å². The Morgan fingerprint density at radius 1 is 1.24 bits per heavy atom. The number of piperazine rings is 1. The van der Waals surface area contributed by atoms with Gasteiger partial charge in [0.15, 0.2) is 0 Å². The molecule has 0 aromatic carbocycles. The van der Waals surface area contributed by atoms with Crippen LogP contribution in [0.1, 0.15) is 40.0 Å². The first kappa shape index (κ1) is 17.0. The van der Waals surface area contributed by atoms with Crippen LogP contribution >= 0.6 is 0 Å². The molecule has 1 atom stereocenters. The van der Waals surface area contributed by atoms with Gasteiger partial charge in [0, 0.05) is 37.3 Å². The summed E-state index contributed by atoms with van der Waals surface area (Å²) in [4.78, 5) is 2.46. The Balaban J connectivity index is 1.80. The van der Waals surface area contributed by atoms with Crippen molar-refractivity contribution in [2.75, 3.05) is 32.8 Å². The third kappa shape index (κ3) is 4.83. The van der Waals surface area contributed by atoms with Gasteiger partial charge in [-0.15, -0.1) is 0 Å². The van der Waals surface area contributed by atoms with Crippen LogP contribution in [0, 0.1) is 5.92 Å². The van der Waals surface area contributed by atoms with E-state index in [0.29, 0.717) is 6.42 Å². The molecule has 3 nitrogen and oxygen atoms in total. The molecule has 0 radical (unpaired) electrons. The molecule has 1 N–H and O–H groups in total. The summed E-state index contributed by atoms with van der Waals surface area (Å²) in [5.41, 5.74) is 0.195. The minimum absolute atomic E-state index is 0.0568. The molecule has 2 aliphatic rings. The molecule has 0 bridgehead atoms. The van der Waals surface area contributed by atoms with E-state index in [1.54, 1.807) is 0 Å². The molecule has 2 rings (SSSR count). The molecule has 1 saturated heterocycles. The van der Waals surface area contributed by atoms with Gasteiger partial charge in [-0.2, -0.15) is 13.2 Å². The monoisotopic (exact) mass is 308 g/mol. The minimum Gasteiger partial charge on any atom is -0.372 e. The molecule has 0 amide bonds. The van der Waals surface area contributed by atoms with Crippen LogP contribution in [0.4, 0.5) is 13.2 Å². The Bertz CT molecular complexity index is 355. The summed E-state index contributed by atoms with van der Waals surface area (Å²) in [7, 11) is 0. The molecule has 1 heterocycles. The fraction of sp³-hybridized carbons (Fsp3) is 1.00. The van der Waals surface area contributed by atoms with Crippen LogP contribution < -0.4 is 5.32 Å². The maximum Gasteiger partial charge on any atom is 0.411 e. The van der Waals surface area contributed by atoms with Crippen molar-refractivity contribution in [2.24, 2.45) is 5.92 Å². The van der Waals surface area contributed by atoms with Gasteiger partial charge in [0.05, 0.1) is 0 Å². The van der Waals surface area contributed by atoms with Crippen LogP contribution in [-0.2, 0) is 4.74 Å². The van der Waals surface area contributed by atoms with Gasteiger partial charge in [-0.05, 0) is 46.0 Å². The van der Waals surface area contributed by atoms with E-state index in [1.165, 1.54) is 12.8 Å². The number of rotatable bonds is 6. The van der Waals surface area contributed by atoms with Gasteiger partial charge in [-0.25, -0.2) is 0 Å². The molecule has 1 saturated carbocycles. The van der Waals surface area contributed by atoms with Crippen molar-refractivity contribution in [1.82, 2.24) is 10.2 Å². The summed E-state index contributed by atoms with van der Waals surface area (Å²) >= 11 is 0. The van der Waals surface area contributed by atoms with Gasteiger partial charge >= 0.3 is 6.18 Å². The summed E-state index contributed by atoms with van der Waals surface area (Å²) in [5, 5.41) is 3.60. The zero-order valence-electron chi connectivity index (χ0n) is 13.2. The molecule has 6 heteroatoms. The summed E-state index contributed by atoms with van der Waals surface area (Å²) in [6.07, 6.45) is -1.05. The fourth-order valence-electron chi connectivity index (χ4n) is 3.23. The molecule has 0 spiro atoms. The Kier molecular flexibility index (Phi) is 4.90. The first-order chi connectivity index (χ1) is 9.62. The predicted octanol–water partition coefficient (Wildman–Crippen LogP) is 2.81. The molecule has 0 aromatic heterocycles. The van der Waals surface area contributed by atoms with Crippen molar-refractivity contribution in [1.29, 1.82) is 0 Å². The first-order valence-corrected chi connectivity index (χ1v) is 7.77. The van der Waals surface area contributed by atoms with E-state index in [2.05, 4.69) is 31.0 Å². The van der Waals surface area contributed by atoms with E-state index >= 15 is 0 Å². The van der Waals surface area contributed by atoms with Gasteiger partial charge in [0.2, 0.25) is 0 Å². The molecule has 0 aromatic rings. The second kappa shape index (κ2) is 6.05. The Morgan fingerprint density at radius 2 is 1.90 bits per heavy atom. The first-order valence-electron chi connectivity index (χ1n) is 7.77. The maximum absolute atomic E-state index is 12.0. The number of alkyl halides is 3. The molecule has 21 heavy (non-hydrogen) atoms. The summed E-state index contributed by atoms with van der Waals surface area (Å²) < 4.78 is 40.8. The van der Waals surface area contributed by atoms with Crippen LogP contribution in [0.3, 0.4) is 0 Å². The number of hydrogen-bond donors (Lipinski definition) is 1. The SMILES string of the molecule is CC1(C)CN(CCCOCC(F)(F)F)C(C)(C2CC2)CN1. The lowest BCUT2D eigenvalue weighted by molar-refractivity contribution is -0.174. The Hall–Kier alpha value is -0.330. The zero-order chi connectivity index (χ0) is 15.7. The highest BCUT2D eigenvalue weighted by atomic mass is 19.4. The lowest BCUT2D eigenvalue weighted by Crippen LogP contribution is -2.68. The van der Waals surface area contributed by atoms with Crippen molar-refractivity contribution in [3.63, 3.8) is 0 Å². The molecule has 1 unspecified atom stereocenters. The lowest BCUT2D eigenvalue weighted by Gasteiger charge is -2.52. The average Bonchev–Trinajstić information content (AvgIpc) is 3.16. The van der Waals surface area contributed by atoms with Gasteiger partial charge in [0.1, 0.15) is 6.61 Å². The molecular formula is C15H27F3N2O. The van der Waals surface area contributed by atoms with Crippen molar-refractivity contribution >= 4 is 0 Å². The molecular weight excluding hydrogens is 281 g/mol. The van der Waals surface area contributed by atoms with Crippen LogP contribution in [0.25, 0.3) is 0 Å². The number of nitrogens with one attached hydrogen (secondary N) is 1. The van der Waals surface area contributed by atoms with Gasteiger partial charge in [-0.1, -0.05) is 0 Å². The standard InChI is InChI=1S/C15H27F3N2O/c1-13(2)10-20(7-4-8-21-11-15(16,17)18)14(3,9-19-13)12-5-6-12/h12,19H,4-11H2,1-3H3. The number of ether oxygens (including phenoxy) is 1. The van der Waals surface area contributed by atoms with Gasteiger partial charge in [0.25, 0.3) is 0 Å².